The lowest BCUT2D eigenvalue weighted by atomic mass is 9.98. The second-order valence-electron chi connectivity index (χ2n) is 5.89. The average molecular weight is 233 g/mol. The first kappa shape index (κ1) is 11.3. The fourth-order valence-electron chi connectivity index (χ4n) is 2.90. The van der Waals surface area contributed by atoms with E-state index < -0.39 is 0 Å². The molecule has 3 heteroatoms. The zero-order valence-corrected chi connectivity index (χ0v) is 10.7. The average Bonchev–Trinajstić information content (AvgIpc) is 2.92. The van der Waals surface area contributed by atoms with Gasteiger partial charge in [-0.15, -0.1) is 0 Å². The summed E-state index contributed by atoms with van der Waals surface area (Å²) in [5, 5.41) is 3.51. The largest absolute Gasteiger partial charge is 0.337 e. The van der Waals surface area contributed by atoms with Gasteiger partial charge in [-0.3, -0.25) is 0 Å². The van der Waals surface area contributed by atoms with Gasteiger partial charge in [-0.1, -0.05) is 19.8 Å². The maximum absolute atomic E-state index is 4.48. The van der Waals surface area contributed by atoms with Crippen molar-refractivity contribution in [3.8, 4) is 0 Å². The zero-order valence-electron chi connectivity index (χ0n) is 10.7. The van der Waals surface area contributed by atoms with Crippen molar-refractivity contribution in [1.82, 2.24) is 14.9 Å². The smallest absolute Gasteiger partial charge is 0.0950 e. The molecule has 0 aromatic carbocycles. The molecule has 3 nitrogen and oxygen atoms in total. The molecule has 0 radical (unpaired) electrons. The van der Waals surface area contributed by atoms with Gasteiger partial charge in [-0.25, -0.2) is 4.98 Å². The molecule has 1 aromatic heterocycles. The first-order valence-electron chi connectivity index (χ1n) is 7.05. The van der Waals surface area contributed by atoms with Crippen LogP contribution in [-0.4, -0.2) is 15.6 Å². The Kier molecular flexibility index (Phi) is 3.19. The number of imidazole rings is 1. The summed E-state index contributed by atoms with van der Waals surface area (Å²) in [6, 6.07) is 0.773. The molecule has 2 saturated carbocycles. The van der Waals surface area contributed by atoms with Gasteiger partial charge in [0.2, 0.25) is 0 Å². The number of nitrogens with one attached hydrogen (secondary N) is 1. The predicted octanol–water partition coefficient (Wildman–Crippen LogP) is 2.57. The lowest BCUT2D eigenvalue weighted by Gasteiger charge is -2.15. The van der Waals surface area contributed by atoms with Crippen LogP contribution in [0, 0.1) is 11.8 Å². The van der Waals surface area contributed by atoms with Crippen LogP contribution in [0.25, 0.3) is 0 Å². The minimum absolute atomic E-state index is 0.773. The number of rotatable bonds is 5. The van der Waals surface area contributed by atoms with Gasteiger partial charge >= 0.3 is 0 Å². The third-order valence-corrected chi connectivity index (χ3v) is 4.32. The van der Waals surface area contributed by atoms with Crippen molar-refractivity contribution in [3.63, 3.8) is 0 Å². The maximum atomic E-state index is 4.48. The van der Waals surface area contributed by atoms with E-state index in [9.17, 15) is 0 Å². The highest BCUT2D eigenvalue weighted by Gasteiger charge is 2.24. The normalized spacial score (nSPS) is 28.8. The standard InChI is InChI=1S/C14H23N3/c1-11-3-2-4-12(11)8-17-9-14(16-10-17)7-15-13-5-6-13/h9-13,15H,2-8H2,1H3. The Bertz CT molecular complexity index is 367. The Balaban J connectivity index is 1.52. The summed E-state index contributed by atoms with van der Waals surface area (Å²) in [6.07, 6.45) is 11.1. The van der Waals surface area contributed by atoms with Crippen LogP contribution in [0.3, 0.4) is 0 Å². The van der Waals surface area contributed by atoms with E-state index in [0.29, 0.717) is 0 Å². The summed E-state index contributed by atoms with van der Waals surface area (Å²) in [5.74, 6) is 1.76. The fraction of sp³-hybridized carbons (Fsp3) is 0.786. The molecule has 2 atom stereocenters. The van der Waals surface area contributed by atoms with E-state index in [0.717, 1.165) is 31.0 Å². The minimum atomic E-state index is 0.773. The molecular formula is C14H23N3. The predicted molar refractivity (Wildman–Crippen MR) is 68.6 cm³/mol. The van der Waals surface area contributed by atoms with Crippen molar-refractivity contribution in [2.75, 3.05) is 0 Å². The highest BCUT2D eigenvalue weighted by Crippen LogP contribution is 2.32. The van der Waals surface area contributed by atoms with Gasteiger partial charge in [-0.05, 0) is 31.1 Å². The minimum Gasteiger partial charge on any atom is -0.337 e. The quantitative estimate of drug-likeness (QED) is 0.847. The van der Waals surface area contributed by atoms with Crippen LogP contribution in [0.5, 0.6) is 0 Å². The zero-order chi connectivity index (χ0) is 11.7. The first-order chi connectivity index (χ1) is 8.31. The maximum Gasteiger partial charge on any atom is 0.0950 e. The molecule has 94 valence electrons. The van der Waals surface area contributed by atoms with E-state index in [2.05, 4.69) is 28.0 Å². The molecule has 0 amide bonds. The SMILES string of the molecule is CC1CCCC1Cn1cnc(CNC2CC2)c1. The summed E-state index contributed by atoms with van der Waals surface area (Å²) in [6.45, 7) is 4.50. The number of hydrogen-bond donors (Lipinski definition) is 1. The van der Waals surface area contributed by atoms with E-state index in [1.165, 1.54) is 37.8 Å². The van der Waals surface area contributed by atoms with Gasteiger partial charge in [0, 0.05) is 25.3 Å². The summed E-state index contributed by atoms with van der Waals surface area (Å²) in [4.78, 5) is 4.48. The molecule has 17 heavy (non-hydrogen) atoms. The Morgan fingerprint density at radius 2 is 2.24 bits per heavy atom. The molecule has 1 heterocycles. The summed E-state index contributed by atoms with van der Waals surface area (Å²) in [5.41, 5.74) is 1.20. The summed E-state index contributed by atoms with van der Waals surface area (Å²) < 4.78 is 2.29. The second kappa shape index (κ2) is 4.81. The van der Waals surface area contributed by atoms with Crippen molar-refractivity contribution < 1.29 is 0 Å². The highest BCUT2D eigenvalue weighted by atomic mass is 15.1. The molecule has 1 N–H and O–H groups in total. The topological polar surface area (TPSA) is 29.9 Å². The molecule has 2 unspecified atom stereocenters. The third-order valence-electron chi connectivity index (χ3n) is 4.32. The van der Waals surface area contributed by atoms with Crippen molar-refractivity contribution in [2.45, 2.75) is 58.2 Å². The van der Waals surface area contributed by atoms with E-state index >= 15 is 0 Å². The van der Waals surface area contributed by atoms with E-state index in [1.807, 2.05) is 6.33 Å². The van der Waals surface area contributed by atoms with Gasteiger partial charge < -0.3 is 9.88 Å². The van der Waals surface area contributed by atoms with Crippen LogP contribution in [-0.2, 0) is 13.1 Å². The van der Waals surface area contributed by atoms with Crippen molar-refractivity contribution in [1.29, 1.82) is 0 Å². The molecule has 1 aromatic rings. The van der Waals surface area contributed by atoms with Crippen LogP contribution in [0.4, 0.5) is 0 Å². The Morgan fingerprint density at radius 1 is 1.35 bits per heavy atom. The van der Waals surface area contributed by atoms with Crippen LogP contribution in [0.15, 0.2) is 12.5 Å². The van der Waals surface area contributed by atoms with Gasteiger partial charge in [0.1, 0.15) is 0 Å². The second-order valence-corrected chi connectivity index (χ2v) is 5.89. The number of nitrogens with zero attached hydrogens (tertiary/aromatic N) is 2. The van der Waals surface area contributed by atoms with Crippen molar-refractivity contribution in [2.24, 2.45) is 11.8 Å². The lowest BCUT2D eigenvalue weighted by Crippen LogP contribution is -2.15. The summed E-state index contributed by atoms with van der Waals surface area (Å²) in [7, 11) is 0. The van der Waals surface area contributed by atoms with Crippen molar-refractivity contribution >= 4 is 0 Å². The molecule has 2 fully saturated rings. The van der Waals surface area contributed by atoms with Crippen molar-refractivity contribution in [3.05, 3.63) is 18.2 Å². The molecule has 2 aliphatic carbocycles. The van der Waals surface area contributed by atoms with Crippen LogP contribution in [0.1, 0.15) is 44.7 Å². The van der Waals surface area contributed by atoms with Gasteiger partial charge in [0.15, 0.2) is 0 Å². The number of hydrogen-bond acceptors (Lipinski definition) is 2. The Hall–Kier alpha value is -0.830. The Morgan fingerprint density at radius 3 is 2.94 bits per heavy atom. The number of aromatic nitrogens is 2. The fourth-order valence-corrected chi connectivity index (χ4v) is 2.90. The first-order valence-corrected chi connectivity index (χ1v) is 7.05. The van der Waals surface area contributed by atoms with Crippen LogP contribution < -0.4 is 5.32 Å². The van der Waals surface area contributed by atoms with E-state index in [4.69, 9.17) is 0 Å². The van der Waals surface area contributed by atoms with E-state index in [1.54, 1.807) is 0 Å². The van der Waals surface area contributed by atoms with Gasteiger partial charge in [0.05, 0.1) is 12.0 Å². The third kappa shape index (κ3) is 2.89. The molecule has 0 bridgehead atoms. The molecule has 0 saturated heterocycles. The molecular weight excluding hydrogens is 210 g/mol. The Labute approximate surface area is 104 Å². The lowest BCUT2D eigenvalue weighted by molar-refractivity contribution is 0.363. The highest BCUT2D eigenvalue weighted by molar-refractivity contribution is 4.98. The molecule has 0 spiro atoms. The van der Waals surface area contributed by atoms with Crippen LogP contribution in [0.2, 0.25) is 0 Å². The van der Waals surface area contributed by atoms with Gasteiger partial charge in [-0.2, -0.15) is 0 Å². The molecule has 0 aliphatic heterocycles. The van der Waals surface area contributed by atoms with E-state index in [-0.39, 0.29) is 0 Å². The van der Waals surface area contributed by atoms with Gasteiger partial charge in [0.25, 0.3) is 0 Å². The molecule has 2 aliphatic rings. The molecule has 3 rings (SSSR count). The summed E-state index contributed by atoms with van der Waals surface area (Å²) >= 11 is 0. The van der Waals surface area contributed by atoms with Crippen LogP contribution >= 0.6 is 0 Å². The monoisotopic (exact) mass is 233 g/mol.